The van der Waals surface area contributed by atoms with Gasteiger partial charge in [-0.3, -0.25) is 0 Å². The second-order valence-corrected chi connectivity index (χ2v) is 38.0. The first-order valence-electron chi connectivity index (χ1n) is 52.0. The van der Waals surface area contributed by atoms with Crippen molar-refractivity contribution in [2.75, 3.05) is 175 Å². The van der Waals surface area contributed by atoms with E-state index in [0.717, 1.165) is 159 Å². The Morgan fingerprint density at radius 1 is 0.267 bits per heavy atom. The average Bonchev–Trinajstić information content (AvgIpc) is 1.33. The number of rotatable bonds is 42. The molecule has 14 aliphatic rings. The van der Waals surface area contributed by atoms with Crippen molar-refractivity contribution in [2.24, 2.45) is 0 Å². The Balaban J connectivity index is 0.000000146. The first-order valence-corrected chi connectivity index (χ1v) is 52.0. The molecule has 792 valence electrons. The van der Waals surface area contributed by atoms with E-state index in [1.165, 1.54) is 75.1 Å². The molecule has 14 atom stereocenters. The van der Waals surface area contributed by atoms with E-state index in [1.807, 2.05) is 174 Å². The van der Waals surface area contributed by atoms with E-state index in [0.29, 0.717) is 115 Å². The number of aromatic nitrogens is 3. The normalized spacial score (nSPS) is 22.9. The monoisotopic (exact) mass is 2010 g/mol. The molecule has 1 aromatic heterocycles. The van der Waals surface area contributed by atoms with Gasteiger partial charge in [-0.05, 0) is 170 Å². The van der Waals surface area contributed by atoms with Crippen molar-refractivity contribution in [1.29, 1.82) is 0 Å². The van der Waals surface area contributed by atoms with Crippen LogP contribution in [0.5, 0.6) is 40.2 Å². The lowest BCUT2D eigenvalue weighted by Crippen LogP contribution is -2.55. The number of para-hydroxylation sites is 4. The summed E-state index contributed by atoms with van der Waals surface area (Å²) in [6, 6.07) is 76.9. The highest BCUT2D eigenvalue weighted by Gasteiger charge is 2.38. The molecule has 14 saturated heterocycles. The van der Waals surface area contributed by atoms with Crippen LogP contribution >= 0.6 is 0 Å². The molecular weight excluding hydrogens is 1860 g/mol. The summed E-state index contributed by atoms with van der Waals surface area (Å²) in [7, 11) is 0. The molecule has 0 bridgehead atoms. The van der Waals surface area contributed by atoms with Gasteiger partial charge in [0, 0.05) is 43.0 Å². The molecule has 0 radical (unpaired) electrons. The molecule has 0 N–H and O–H groups in total. The van der Waals surface area contributed by atoms with Gasteiger partial charge in [0.2, 0.25) is 0 Å². The van der Waals surface area contributed by atoms with E-state index in [2.05, 4.69) is 143 Å². The summed E-state index contributed by atoms with van der Waals surface area (Å²) in [5.74, 6) is 6.37. The summed E-state index contributed by atoms with van der Waals surface area (Å²) in [5, 5.41) is 0. The molecular formula is C117H155N5O24. The third-order valence-corrected chi connectivity index (χ3v) is 24.2. The fraction of sp³-hybridized carbons (Fsp3) is 0.513. The molecule has 146 heavy (non-hydrogen) atoms. The molecule has 0 saturated carbocycles. The van der Waals surface area contributed by atoms with E-state index < -0.39 is 17.1 Å². The van der Waals surface area contributed by atoms with E-state index in [9.17, 15) is 14.4 Å². The predicted octanol–water partition coefficient (Wildman–Crippen LogP) is 16.9. The van der Waals surface area contributed by atoms with Crippen molar-refractivity contribution in [3.63, 3.8) is 0 Å². The zero-order valence-electron chi connectivity index (χ0n) is 86.6. The van der Waals surface area contributed by atoms with Crippen LogP contribution in [0.2, 0.25) is 0 Å². The van der Waals surface area contributed by atoms with Crippen molar-refractivity contribution in [3.8, 4) is 40.2 Å². The van der Waals surface area contributed by atoms with E-state index >= 15 is 0 Å². The third-order valence-electron chi connectivity index (χ3n) is 24.2. The Kier molecular flexibility index (Phi) is 44.7. The highest BCUT2D eigenvalue weighted by atomic mass is 16.6. The van der Waals surface area contributed by atoms with Crippen LogP contribution in [0.4, 0.5) is 11.4 Å². The fourth-order valence-electron chi connectivity index (χ4n) is 14.7. The van der Waals surface area contributed by atoms with E-state index in [-0.39, 0.29) is 69.1 Å². The van der Waals surface area contributed by atoms with Gasteiger partial charge in [0.25, 0.3) is 0 Å². The summed E-state index contributed by atoms with van der Waals surface area (Å²) < 4.78 is 116. The molecule has 15 heterocycles. The minimum Gasteiger partial charge on any atom is -0.491 e. The van der Waals surface area contributed by atoms with Crippen molar-refractivity contribution >= 4 is 11.4 Å². The maximum Gasteiger partial charge on any atom is 0.336 e. The van der Waals surface area contributed by atoms with Gasteiger partial charge in [-0.15, -0.1) is 0 Å². The second kappa shape index (κ2) is 58.1. The molecule has 9 aromatic carbocycles. The summed E-state index contributed by atoms with van der Waals surface area (Å²) >= 11 is 0. The maximum absolute atomic E-state index is 12.4. The minimum absolute atomic E-state index is 0. The Bertz CT molecular complexity index is 5090. The van der Waals surface area contributed by atoms with Crippen molar-refractivity contribution < 1.29 is 99.5 Å². The number of aryl methyl sites for hydroxylation is 3. The standard InChI is InChI=1S/C29H30O6.C25H30N2O4.C12H15N3O6.3C10H12O2.C9H10O2.3C3H8.C2H6.CH4/c1-29(20-2-8-23(9-3-20)30-14-26-17-33-26,21-4-10-24(11-5-21)31-15-27-18-34-27)22-6-12-25(13-7-22)32-16-28-19-35-28;1-5-20(26(10-22-14-28-22)11-23-15-29-23)6-2-18(1)9-19-3-7-21(8-4-19)27(12-24-16-30-24)13-25-17-31-25;16-10-13(1-7-4-19-7)11(17)15(3-9-6-21-9)12(18)14(10)2-8-5-20-8;3*1-8-4-2-3-5-10(8)12-7-9-6-11-9;1-2-4-8(5-3-1)10-6-9-7-11-9;3*1-3-2;1-2;/h2-13,26-28H,14-19H2,1H3;1-8,22-25H,9-17H2;7-9H,1-6H2;3*2-5,9H,6-7H2,1H3;1-5,9H,6-7H2;3*3H2,1-2H3;1-2H3;1H4. The number of anilines is 2. The quantitative estimate of drug-likeness (QED) is 0.0253. The van der Waals surface area contributed by atoms with Crippen molar-refractivity contribution in [3.05, 3.63) is 300 Å². The van der Waals surface area contributed by atoms with Gasteiger partial charge in [0.05, 0.1) is 155 Å². The lowest BCUT2D eigenvalue weighted by molar-refractivity contribution is 0.262. The lowest BCUT2D eigenvalue weighted by atomic mass is 9.71. The van der Waals surface area contributed by atoms with Gasteiger partial charge in [0.1, 0.15) is 129 Å². The lowest BCUT2D eigenvalue weighted by Gasteiger charge is -2.32. The van der Waals surface area contributed by atoms with Gasteiger partial charge in [-0.1, -0.05) is 216 Å². The third kappa shape index (κ3) is 40.6. The largest absolute Gasteiger partial charge is 0.491 e. The molecule has 29 heteroatoms. The number of epoxide rings is 14. The first kappa shape index (κ1) is 112. The predicted molar refractivity (Wildman–Crippen MR) is 565 cm³/mol. The molecule has 24 rings (SSSR count). The van der Waals surface area contributed by atoms with Gasteiger partial charge < -0.3 is 109 Å². The van der Waals surface area contributed by atoms with Crippen LogP contribution in [0.3, 0.4) is 0 Å². The molecule has 14 aliphatic heterocycles. The first-order chi connectivity index (χ1) is 70.8. The Hall–Kier alpha value is -11.0. The highest BCUT2D eigenvalue weighted by molar-refractivity contribution is 5.54. The number of nitrogens with zero attached hydrogens (tertiary/aromatic N) is 5. The number of ether oxygens (including phenoxy) is 21. The molecule has 0 amide bonds. The molecule has 14 fully saturated rings. The van der Waals surface area contributed by atoms with Crippen LogP contribution < -0.4 is 60.0 Å². The summed E-state index contributed by atoms with van der Waals surface area (Å²) in [6.45, 7) is 44.9. The van der Waals surface area contributed by atoms with E-state index in [1.54, 1.807) is 0 Å². The molecule has 10 aromatic rings. The van der Waals surface area contributed by atoms with Crippen LogP contribution in [-0.2, 0) is 97.8 Å². The number of hydrogen-bond acceptors (Lipinski definition) is 26. The van der Waals surface area contributed by atoms with Crippen LogP contribution in [0.25, 0.3) is 0 Å². The Morgan fingerprint density at radius 2 is 0.466 bits per heavy atom. The van der Waals surface area contributed by atoms with Gasteiger partial charge >= 0.3 is 17.1 Å². The van der Waals surface area contributed by atoms with Crippen LogP contribution in [-0.4, -0.2) is 264 Å². The fourth-order valence-corrected chi connectivity index (χ4v) is 14.7. The summed E-state index contributed by atoms with van der Waals surface area (Å²) in [6.07, 6.45) is 7.92. The summed E-state index contributed by atoms with van der Waals surface area (Å²) in [4.78, 5) is 41.9. The number of hydrogen-bond donors (Lipinski definition) is 0. The van der Waals surface area contributed by atoms with Gasteiger partial charge in [-0.2, -0.15) is 0 Å². The molecule has 0 spiro atoms. The topological polar surface area (TPSA) is 313 Å². The van der Waals surface area contributed by atoms with Crippen molar-refractivity contribution in [1.82, 2.24) is 13.7 Å². The Morgan fingerprint density at radius 3 is 0.678 bits per heavy atom. The molecule has 14 unspecified atom stereocenters. The second-order valence-electron chi connectivity index (χ2n) is 38.0. The van der Waals surface area contributed by atoms with E-state index in [4.69, 9.17) is 99.5 Å². The highest BCUT2D eigenvalue weighted by Crippen LogP contribution is 2.42. The van der Waals surface area contributed by atoms with Gasteiger partial charge in [0.15, 0.2) is 0 Å². The zero-order chi connectivity index (χ0) is 102. The van der Waals surface area contributed by atoms with Crippen molar-refractivity contribution in [2.45, 2.75) is 227 Å². The van der Waals surface area contributed by atoms with Gasteiger partial charge in [-0.25, -0.2) is 28.1 Å². The zero-order valence-corrected chi connectivity index (χ0v) is 86.6. The van der Waals surface area contributed by atoms with Crippen LogP contribution in [0.1, 0.15) is 134 Å². The average molecular weight is 2020 g/mol. The molecule has 29 nitrogen and oxygen atoms in total. The smallest absolute Gasteiger partial charge is 0.336 e. The summed E-state index contributed by atoms with van der Waals surface area (Å²) in [5.41, 5.74) is 10.1. The number of benzene rings is 9. The van der Waals surface area contributed by atoms with Crippen LogP contribution in [0, 0.1) is 20.8 Å². The Labute approximate surface area is 862 Å². The minimum atomic E-state index is -0.594. The maximum atomic E-state index is 12.4. The SMILES string of the molecule is C.CC.CC(c1ccc(OCC2CO2)cc1)(c1ccc(OCC2CO2)cc1)c1ccc(OCC2CO2)cc1.CCC.CCC.CCC.Cc1ccccc1OCC1CO1.Cc1ccccc1OCC1CO1.Cc1ccccc1OCC1CO1.O=c1n(CC2CO2)c(=O)n(CC2CO2)c(=O)n1CC1CO1.c1cc(N(CC2CO2)CC2CO2)ccc1Cc1ccc(N(CC2CO2)CC2CO2)cc1.c1ccc(OCC2CO2)cc1. The van der Waals surface area contributed by atoms with Crippen LogP contribution in [0.15, 0.2) is 239 Å². The molecule has 0 aliphatic carbocycles.